The van der Waals surface area contributed by atoms with Gasteiger partial charge in [-0.2, -0.15) is 0 Å². The number of fused-ring (bicyclic) bond motifs is 1. The van der Waals surface area contributed by atoms with Crippen molar-refractivity contribution in [2.24, 2.45) is 4.99 Å². The highest BCUT2D eigenvalue weighted by Gasteiger charge is 2.33. The molecule has 2 heterocycles. The summed E-state index contributed by atoms with van der Waals surface area (Å²) in [6.45, 7) is 2.08. The third kappa shape index (κ3) is 5.75. The summed E-state index contributed by atoms with van der Waals surface area (Å²) >= 11 is 4.74. The van der Waals surface area contributed by atoms with Gasteiger partial charge in [0.25, 0.3) is 5.56 Å². The largest absolute Gasteiger partial charge is 0.493 e. The number of allylic oxidation sites excluding steroid dienone is 1. The molecule has 0 saturated carbocycles. The predicted molar refractivity (Wildman–Crippen MR) is 158 cm³/mol. The molecule has 0 unspecified atom stereocenters. The average Bonchev–Trinajstić information content (AvgIpc) is 3.30. The first kappa shape index (κ1) is 28.5. The maximum Gasteiger partial charge on any atom is 0.338 e. The second-order valence-electron chi connectivity index (χ2n) is 9.14. The Labute approximate surface area is 248 Å². The zero-order valence-corrected chi connectivity index (χ0v) is 24.9. The van der Waals surface area contributed by atoms with Crippen molar-refractivity contribution in [2.45, 2.75) is 26.0 Å². The molecule has 0 bridgehead atoms. The van der Waals surface area contributed by atoms with Crippen molar-refractivity contribution in [3.05, 3.63) is 125 Å². The Morgan fingerprint density at radius 1 is 1.12 bits per heavy atom. The summed E-state index contributed by atoms with van der Waals surface area (Å²) in [5, 5.41) is 0. The normalized spacial score (nSPS) is 14.9. The van der Waals surface area contributed by atoms with Crippen molar-refractivity contribution in [1.29, 1.82) is 0 Å². The fourth-order valence-electron chi connectivity index (χ4n) is 4.69. The van der Waals surface area contributed by atoms with E-state index in [0.29, 0.717) is 44.1 Å². The Hall–Kier alpha value is -4.02. The fourth-order valence-corrected chi connectivity index (χ4v) is 6.16. The smallest absolute Gasteiger partial charge is 0.338 e. The van der Waals surface area contributed by atoms with Gasteiger partial charge < -0.3 is 14.2 Å². The van der Waals surface area contributed by atoms with Gasteiger partial charge in [0.05, 0.1) is 36.1 Å². The number of nitrogens with zero attached hydrogens (tertiary/aromatic N) is 2. The molecule has 3 aromatic carbocycles. The van der Waals surface area contributed by atoms with Gasteiger partial charge >= 0.3 is 5.97 Å². The number of carbonyl (C=O) groups excluding carboxylic acids is 1. The first-order valence-electron chi connectivity index (χ1n) is 12.8. The molecule has 1 aliphatic heterocycles. The van der Waals surface area contributed by atoms with Gasteiger partial charge in [-0.15, -0.1) is 0 Å². The van der Waals surface area contributed by atoms with Gasteiger partial charge in [0.2, 0.25) is 0 Å². The molecule has 0 saturated heterocycles. The topological polar surface area (TPSA) is 79.1 Å². The number of benzene rings is 3. The number of rotatable bonds is 8. The molecule has 0 spiro atoms. The second kappa shape index (κ2) is 12.2. The van der Waals surface area contributed by atoms with Crippen molar-refractivity contribution in [2.75, 3.05) is 14.2 Å². The highest BCUT2D eigenvalue weighted by Crippen LogP contribution is 2.36. The molecular weight excluding hydrogens is 611 g/mol. The third-order valence-corrected chi connectivity index (χ3v) is 8.06. The Kier molecular flexibility index (Phi) is 8.51. The maximum atomic E-state index is 14.0. The number of hydrogen-bond donors (Lipinski definition) is 0. The van der Waals surface area contributed by atoms with Crippen LogP contribution < -0.4 is 24.4 Å². The van der Waals surface area contributed by atoms with Crippen LogP contribution in [0.2, 0.25) is 0 Å². The van der Waals surface area contributed by atoms with Gasteiger partial charge in [-0.25, -0.2) is 14.2 Å². The molecule has 1 aromatic heterocycles. The summed E-state index contributed by atoms with van der Waals surface area (Å²) in [5.74, 6) is 0.0299. The maximum absolute atomic E-state index is 14.0. The Bertz CT molecular complexity index is 1810. The molecule has 0 N–H and O–H groups in total. The number of ether oxygens (including phenoxy) is 3. The van der Waals surface area contributed by atoms with E-state index in [1.54, 1.807) is 28.8 Å². The minimum absolute atomic E-state index is 0.163. The molecule has 0 fully saturated rings. The van der Waals surface area contributed by atoms with E-state index in [2.05, 4.69) is 15.9 Å². The van der Waals surface area contributed by atoms with Crippen LogP contribution in [0, 0.1) is 5.82 Å². The van der Waals surface area contributed by atoms with E-state index in [1.807, 2.05) is 43.3 Å². The lowest BCUT2D eigenvalue weighted by molar-refractivity contribution is -0.136. The number of esters is 1. The Morgan fingerprint density at radius 2 is 1.85 bits per heavy atom. The lowest BCUT2D eigenvalue weighted by atomic mass is 9.95. The van der Waals surface area contributed by atoms with Gasteiger partial charge in [-0.1, -0.05) is 76.7 Å². The summed E-state index contributed by atoms with van der Waals surface area (Å²) in [4.78, 5) is 32.2. The first-order valence-corrected chi connectivity index (χ1v) is 14.4. The SMILES string of the molecule is CCC1=C(C(=O)OC)[C@@H](c2ccccc2)n2c(s/c(=C/c3cc(Br)cc(OC)c3OCc3ccc(F)cc3)c2=O)=N1. The van der Waals surface area contributed by atoms with Gasteiger partial charge in [0, 0.05) is 10.0 Å². The van der Waals surface area contributed by atoms with E-state index in [-0.39, 0.29) is 18.0 Å². The zero-order valence-electron chi connectivity index (χ0n) is 22.5. The highest BCUT2D eigenvalue weighted by molar-refractivity contribution is 9.10. The van der Waals surface area contributed by atoms with Gasteiger partial charge in [0.15, 0.2) is 16.3 Å². The van der Waals surface area contributed by atoms with Crippen LogP contribution in [-0.4, -0.2) is 24.8 Å². The number of methoxy groups -OCH3 is 2. The molecule has 5 rings (SSSR count). The first-order chi connectivity index (χ1) is 19.8. The molecule has 10 heteroatoms. The van der Waals surface area contributed by atoms with E-state index < -0.39 is 12.0 Å². The van der Waals surface area contributed by atoms with Crippen LogP contribution in [0.5, 0.6) is 11.5 Å². The van der Waals surface area contributed by atoms with Crippen LogP contribution in [0.15, 0.2) is 92.3 Å². The number of hydrogen-bond acceptors (Lipinski definition) is 7. The van der Waals surface area contributed by atoms with Gasteiger partial charge in [-0.3, -0.25) is 9.36 Å². The summed E-state index contributed by atoms with van der Waals surface area (Å²) in [6, 6.07) is 18.3. The molecule has 7 nitrogen and oxygen atoms in total. The van der Waals surface area contributed by atoms with Gasteiger partial charge in [0.1, 0.15) is 12.4 Å². The Balaban J connectivity index is 1.67. The summed E-state index contributed by atoms with van der Waals surface area (Å²) in [7, 11) is 2.86. The van der Waals surface area contributed by atoms with Crippen molar-refractivity contribution in [1.82, 2.24) is 4.57 Å². The van der Waals surface area contributed by atoms with E-state index in [4.69, 9.17) is 19.2 Å². The van der Waals surface area contributed by atoms with Crippen LogP contribution in [0.4, 0.5) is 4.39 Å². The molecule has 0 amide bonds. The number of thiazole rings is 1. The quantitative estimate of drug-likeness (QED) is 0.246. The summed E-state index contributed by atoms with van der Waals surface area (Å²) in [6.07, 6.45) is 2.22. The van der Waals surface area contributed by atoms with E-state index in [9.17, 15) is 14.0 Å². The van der Waals surface area contributed by atoms with Crippen molar-refractivity contribution in [3.8, 4) is 11.5 Å². The predicted octanol–water partition coefficient (Wildman–Crippen LogP) is 5.29. The van der Waals surface area contributed by atoms with Crippen LogP contribution in [0.25, 0.3) is 6.08 Å². The van der Waals surface area contributed by atoms with Crippen LogP contribution >= 0.6 is 27.3 Å². The zero-order chi connectivity index (χ0) is 29.1. The molecule has 4 aromatic rings. The van der Waals surface area contributed by atoms with Crippen molar-refractivity contribution >= 4 is 39.3 Å². The monoisotopic (exact) mass is 636 g/mol. The average molecular weight is 638 g/mol. The van der Waals surface area contributed by atoms with E-state index in [0.717, 1.165) is 15.6 Å². The molecule has 1 aliphatic rings. The number of halogens is 2. The van der Waals surface area contributed by atoms with Crippen LogP contribution in [0.1, 0.15) is 36.1 Å². The van der Waals surface area contributed by atoms with Crippen LogP contribution in [0.3, 0.4) is 0 Å². The van der Waals surface area contributed by atoms with E-state index in [1.165, 1.54) is 37.7 Å². The number of aromatic nitrogens is 1. The molecule has 0 radical (unpaired) electrons. The van der Waals surface area contributed by atoms with Crippen LogP contribution in [-0.2, 0) is 16.1 Å². The Morgan fingerprint density at radius 3 is 2.51 bits per heavy atom. The molecule has 0 aliphatic carbocycles. The molecular formula is C31H26BrFN2O5S. The lowest BCUT2D eigenvalue weighted by Gasteiger charge is -2.25. The minimum atomic E-state index is -0.691. The third-order valence-electron chi connectivity index (χ3n) is 6.62. The second-order valence-corrected chi connectivity index (χ2v) is 11.1. The molecule has 41 heavy (non-hydrogen) atoms. The molecule has 210 valence electrons. The fraction of sp³-hybridized carbons (Fsp3) is 0.194. The minimum Gasteiger partial charge on any atom is -0.493 e. The highest BCUT2D eigenvalue weighted by atomic mass is 79.9. The van der Waals surface area contributed by atoms with E-state index >= 15 is 0 Å². The summed E-state index contributed by atoms with van der Waals surface area (Å²) in [5.41, 5.74) is 2.75. The summed E-state index contributed by atoms with van der Waals surface area (Å²) < 4.78 is 32.9. The number of carbonyl (C=O) groups is 1. The van der Waals surface area contributed by atoms with Crippen molar-refractivity contribution < 1.29 is 23.4 Å². The van der Waals surface area contributed by atoms with Crippen molar-refractivity contribution in [3.63, 3.8) is 0 Å². The van der Waals surface area contributed by atoms with Gasteiger partial charge in [-0.05, 0) is 47.9 Å². The standard InChI is InChI=1S/C31H26BrFN2O5S/c1-4-23-26(30(37)39-3)27(19-8-6-5-7-9-19)35-29(36)25(41-31(35)34-23)15-20-14-21(32)16-24(38-2)28(20)40-17-18-10-12-22(33)13-11-18/h5-16,27H,4,17H2,1-3H3/b25-15+/t27-/m1/s1. The molecule has 1 atom stereocenters. The lowest BCUT2D eigenvalue weighted by Crippen LogP contribution is -2.40.